The quantitative estimate of drug-likeness (QED) is 0.620. The Bertz CT molecular complexity index is 977. The van der Waals surface area contributed by atoms with Crippen LogP contribution >= 0.6 is 0 Å². The maximum Gasteiger partial charge on any atom is 0.287 e. The highest BCUT2D eigenvalue weighted by molar-refractivity contribution is 5.99. The molecule has 27 heavy (non-hydrogen) atoms. The molecule has 7 heteroatoms. The van der Waals surface area contributed by atoms with Gasteiger partial charge in [-0.15, -0.1) is 0 Å². The average Bonchev–Trinajstić information content (AvgIpc) is 3.18. The van der Waals surface area contributed by atoms with E-state index >= 15 is 0 Å². The first kappa shape index (κ1) is 18.2. The first-order valence-corrected chi connectivity index (χ1v) is 8.36. The molecule has 0 saturated heterocycles. The molecule has 2 aromatic carbocycles. The Labute approximate surface area is 156 Å². The molecule has 138 valence electrons. The number of methoxy groups -OCH3 is 1. The van der Waals surface area contributed by atoms with Gasteiger partial charge in [0.1, 0.15) is 11.4 Å². The fourth-order valence-electron chi connectivity index (χ4n) is 2.59. The van der Waals surface area contributed by atoms with Gasteiger partial charge in [0, 0.05) is 11.1 Å². The number of hydrazine groups is 1. The number of nitrogens with one attached hydrogen (secondary N) is 3. The zero-order chi connectivity index (χ0) is 19.4. The Hall–Kier alpha value is -3.61. The highest BCUT2D eigenvalue weighted by Crippen LogP contribution is 2.21. The molecule has 0 aliphatic carbocycles. The van der Waals surface area contributed by atoms with E-state index < -0.39 is 5.91 Å². The van der Waals surface area contributed by atoms with Crippen LogP contribution in [0, 0.1) is 13.8 Å². The lowest BCUT2D eigenvalue weighted by Gasteiger charge is -2.09. The van der Waals surface area contributed by atoms with Gasteiger partial charge < -0.3 is 4.74 Å². The van der Waals surface area contributed by atoms with Crippen LogP contribution in [-0.2, 0) is 0 Å². The molecule has 0 aliphatic rings. The predicted molar refractivity (Wildman–Crippen MR) is 101 cm³/mol. The number of amides is 2. The number of carbonyl (C=O) groups excluding carboxylic acids is 2. The molecule has 2 amide bonds. The number of aryl methyl sites for hydroxylation is 1. The molecule has 0 fully saturated rings. The first-order chi connectivity index (χ1) is 13.0. The molecular formula is C20H20N4O3. The third-order valence-corrected chi connectivity index (χ3v) is 4.35. The zero-order valence-electron chi connectivity index (χ0n) is 15.3. The van der Waals surface area contributed by atoms with Gasteiger partial charge in [0.05, 0.1) is 12.8 Å². The van der Waals surface area contributed by atoms with Crippen molar-refractivity contribution >= 4 is 11.8 Å². The van der Waals surface area contributed by atoms with Crippen molar-refractivity contribution in [3.05, 3.63) is 70.9 Å². The predicted octanol–water partition coefficient (Wildman–Crippen LogP) is 2.78. The molecule has 1 aromatic heterocycles. The van der Waals surface area contributed by atoms with Gasteiger partial charge in [0.2, 0.25) is 0 Å². The van der Waals surface area contributed by atoms with Crippen molar-refractivity contribution in [3.8, 4) is 17.0 Å². The number of hydrogen-bond acceptors (Lipinski definition) is 4. The standard InChI is InChI=1S/C20H20N4O3/c1-12-5-4-6-16(13(12)2)19(25)23-24-20(26)18-11-17(21-22-18)14-7-9-15(27-3)10-8-14/h4-11H,1-3H3,(H,21,22)(H,23,25)(H,24,26). The summed E-state index contributed by atoms with van der Waals surface area (Å²) in [5, 5.41) is 6.81. The molecular weight excluding hydrogens is 344 g/mol. The number of hydrogen-bond donors (Lipinski definition) is 3. The Morgan fingerprint density at radius 1 is 1.00 bits per heavy atom. The van der Waals surface area contributed by atoms with E-state index in [1.807, 2.05) is 44.2 Å². The average molecular weight is 364 g/mol. The largest absolute Gasteiger partial charge is 0.497 e. The second-order valence-electron chi connectivity index (χ2n) is 6.05. The van der Waals surface area contributed by atoms with Gasteiger partial charge in [-0.25, -0.2) is 0 Å². The van der Waals surface area contributed by atoms with Gasteiger partial charge in [-0.2, -0.15) is 5.10 Å². The van der Waals surface area contributed by atoms with E-state index in [0.29, 0.717) is 11.3 Å². The zero-order valence-corrected chi connectivity index (χ0v) is 15.3. The van der Waals surface area contributed by atoms with E-state index in [-0.39, 0.29) is 11.6 Å². The van der Waals surface area contributed by atoms with Crippen molar-refractivity contribution in [1.29, 1.82) is 0 Å². The summed E-state index contributed by atoms with van der Waals surface area (Å²) >= 11 is 0. The summed E-state index contributed by atoms with van der Waals surface area (Å²) in [6.07, 6.45) is 0. The van der Waals surface area contributed by atoms with Crippen molar-refractivity contribution < 1.29 is 14.3 Å². The van der Waals surface area contributed by atoms with Crippen LogP contribution in [0.3, 0.4) is 0 Å². The molecule has 1 heterocycles. The lowest BCUT2D eigenvalue weighted by molar-refractivity contribution is 0.0843. The minimum absolute atomic E-state index is 0.238. The van der Waals surface area contributed by atoms with Gasteiger partial charge in [0.25, 0.3) is 11.8 Å². The van der Waals surface area contributed by atoms with Crippen LogP contribution < -0.4 is 15.6 Å². The smallest absolute Gasteiger partial charge is 0.287 e. The Morgan fingerprint density at radius 2 is 1.70 bits per heavy atom. The number of nitrogens with zero attached hydrogens (tertiary/aromatic N) is 1. The monoisotopic (exact) mass is 364 g/mol. The van der Waals surface area contributed by atoms with Crippen molar-refractivity contribution in [2.45, 2.75) is 13.8 Å². The Balaban J connectivity index is 1.65. The molecule has 3 rings (SSSR count). The molecule has 0 saturated carbocycles. The number of aromatic amines is 1. The molecule has 0 bridgehead atoms. The summed E-state index contributed by atoms with van der Waals surface area (Å²) < 4.78 is 5.12. The van der Waals surface area contributed by atoms with Crippen LogP contribution in [0.25, 0.3) is 11.3 Å². The van der Waals surface area contributed by atoms with Gasteiger partial charge in [0.15, 0.2) is 0 Å². The second kappa shape index (κ2) is 7.74. The molecule has 3 N–H and O–H groups in total. The third-order valence-electron chi connectivity index (χ3n) is 4.35. The van der Waals surface area contributed by atoms with Crippen molar-refractivity contribution in [2.75, 3.05) is 7.11 Å². The number of ether oxygens (including phenoxy) is 1. The summed E-state index contributed by atoms with van der Waals surface area (Å²) in [7, 11) is 1.60. The van der Waals surface area contributed by atoms with Crippen molar-refractivity contribution in [1.82, 2.24) is 21.0 Å². The number of benzene rings is 2. The second-order valence-corrected chi connectivity index (χ2v) is 6.05. The minimum Gasteiger partial charge on any atom is -0.497 e. The minimum atomic E-state index is -0.485. The fraction of sp³-hybridized carbons (Fsp3) is 0.150. The fourth-order valence-corrected chi connectivity index (χ4v) is 2.59. The highest BCUT2D eigenvalue weighted by Gasteiger charge is 2.14. The lowest BCUT2D eigenvalue weighted by Crippen LogP contribution is -2.42. The summed E-state index contributed by atoms with van der Waals surface area (Å²) in [5.74, 6) is -0.123. The lowest BCUT2D eigenvalue weighted by atomic mass is 10.0. The molecule has 0 unspecified atom stereocenters. The topological polar surface area (TPSA) is 96.1 Å². The number of carbonyl (C=O) groups is 2. The number of rotatable bonds is 4. The van der Waals surface area contributed by atoms with E-state index in [4.69, 9.17) is 4.74 Å². The highest BCUT2D eigenvalue weighted by atomic mass is 16.5. The van der Waals surface area contributed by atoms with Crippen LogP contribution in [-0.4, -0.2) is 29.1 Å². The third kappa shape index (κ3) is 3.98. The van der Waals surface area contributed by atoms with E-state index in [1.165, 1.54) is 0 Å². The van der Waals surface area contributed by atoms with Gasteiger partial charge >= 0.3 is 0 Å². The van der Waals surface area contributed by atoms with E-state index in [0.717, 1.165) is 22.4 Å². The summed E-state index contributed by atoms with van der Waals surface area (Å²) in [6, 6.07) is 14.4. The normalized spacial score (nSPS) is 10.3. The molecule has 0 aliphatic heterocycles. The maximum atomic E-state index is 12.3. The van der Waals surface area contributed by atoms with Crippen molar-refractivity contribution in [3.63, 3.8) is 0 Å². The Morgan fingerprint density at radius 3 is 2.41 bits per heavy atom. The van der Waals surface area contributed by atoms with Crippen LogP contribution in [0.1, 0.15) is 32.0 Å². The molecule has 0 atom stereocenters. The first-order valence-electron chi connectivity index (χ1n) is 8.36. The van der Waals surface area contributed by atoms with Gasteiger partial charge in [-0.05, 0) is 61.4 Å². The Kier molecular flexibility index (Phi) is 5.21. The van der Waals surface area contributed by atoms with E-state index in [2.05, 4.69) is 21.0 Å². The van der Waals surface area contributed by atoms with Crippen molar-refractivity contribution in [2.24, 2.45) is 0 Å². The molecule has 7 nitrogen and oxygen atoms in total. The summed E-state index contributed by atoms with van der Waals surface area (Å²) in [4.78, 5) is 24.5. The van der Waals surface area contributed by atoms with Crippen LogP contribution in [0.2, 0.25) is 0 Å². The van der Waals surface area contributed by atoms with Gasteiger partial charge in [-0.3, -0.25) is 25.5 Å². The molecule has 3 aromatic rings. The molecule has 0 spiro atoms. The SMILES string of the molecule is COc1ccc(-c2cc(C(=O)NNC(=O)c3cccc(C)c3C)[nH]n2)cc1. The van der Waals surface area contributed by atoms with Crippen LogP contribution in [0.15, 0.2) is 48.5 Å². The molecule has 0 radical (unpaired) electrons. The number of H-pyrrole nitrogens is 1. The van der Waals surface area contributed by atoms with E-state index in [9.17, 15) is 9.59 Å². The van der Waals surface area contributed by atoms with Crippen LogP contribution in [0.4, 0.5) is 0 Å². The number of aromatic nitrogens is 2. The summed E-state index contributed by atoms with van der Waals surface area (Å²) in [5.41, 5.74) is 8.90. The van der Waals surface area contributed by atoms with E-state index in [1.54, 1.807) is 25.3 Å². The van der Waals surface area contributed by atoms with Gasteiger partial charge in [-0.1, -0.05) is 12.1 Å². The maximum absolute atomic E-state index is 12.3. The summed E-state index contributed by atoms with van der Waals surface area (Å²) in [6.45, 7) is 3.79. The van der Waals surface area contributed by atoms with Crippen LogP contribution in [0.5, 0.6) is 5.75 Å².